The van der Waals surface area contributed by atoms with Gasteiger partial charge in [-0.15, -0.1) is 11.8 Å². The van der Waals surface area contributed by atoms with Crippen molar-refractivity contribution in [3.63, 3.8) is 0 Å². The molecule has 0 aliphatic rings. The molecule has 0 atom stereocenters. The molecule has 1 heterocycles. The summed E-state index contributed by atoms with van der Waals surface area (Å²) in [6, 6.07) is 8.94. The van der Waals surface area contributed by atoms with Crippen molar-refractivity contribution in [3.05, 3.63) is 59.3 Å². The molecule has 0 bridgehead atoms. The fraction of sp³-hybridized carbons (Fsp3) is 0.231. The summed E-state index contributed by atoms with van der Waals surface area (Å²) >= 11 is 1.63. The molecule has 90 valence electrons. The number of benzene rings is 1. The zero-order chi connectivity index (χ0) is 12.1. The number of furan rings is 1. The number of thioether (sulfide) groups is 1. The highest BCUT2D eigenvalue weighted by atomic mass is 32.2. The van der Waals surface area contributed by atoms with Gasteiger partial charge in [0.05, 0.1) is 12.0 Å². The van der Waals surface area contributed by atoms with E-state index >= 15 is 0 Å². The third-order valence-electron chi connectivity index (χ3n) is 2.44. The predicted octanol–water partition coefficient (Wildman–Crippen LogP) is 3.31. The van der Waals surface area contributed by atoms with Crippen LogP contribution in [0.25, 0.3) is 0 Å². The van der Waals surface area contributed by atoms with Crippen molar-refractivity contribution >= 4 is 11.8 Å². The first-order chi connectivity index (χ1) is 8.29. The van der Waals surface area contributed by atoms with Crippen molar-refractivity contribution in [1.29, 1.82) is 0 Å². The normalized spacial score (nSPS) is 10.7. The summed E-state index contributed by atoms with van der Waals surface area (Å²) in [6.07, 6.45) is 1.65. The quantitative estimate of drug-likeness (QED) is 0.886. The van der Waals surface area contributed by atoms with Gasteiger partial charge in [-0.05, 0) is 29.3 Å². The van der Waals surface area contributed by atoms with Crippen molar-refractivity contribution in [2.24, 2.45) is 5.73 Å². The second-order valence-corrected chi connectivity index (χ2v) is 4.69. The third kappa shape index (κ3) is 3.35. The SMILES string of the molecule is NCc1ccc(CSCc2ccco2)c(F)c1. The van der Waals surface area contributed by atoms with Crippen LogP contribution in [-0.2, 0) is 18.1 Å². The maximum Gasteiger partial charge on any atom is 0.127 e. The van der Waals surface area contributed by atoms with Gasteiger partial charge in [-0.25, -0.2) is 4.39 Å². The topological polar surface area (TPSA) is 39.2 Å². The third-order valence-corrected chi connectivity index (χ3v) is 3.44. The minimum absolute atomic E-state index is 0.181. The first kappa shape index (κ1) is 12.2. The average Bonchev–Trinajstić information content (AvgIpc) is 2.84. The monoisotopic (exact) mass is 251 g/mol. The molecule has 17 heavy (non-hydrogen) atoms. The Bertz CT molecular complexity index is 470. The van der Waals surface area contributed by atoms with E-state index in [9.17, 15) is 4.39 Å². The molecular weight excluding hydrogens is 237 g/mol. The molecule has 2 rings (SSSR count). The fourth-order valence-corrected chi connectivity index (χ4v) is 2.41. The van der Waals surface area contributed by atoms with Gasteiger partial charge < -0.3 is 10.2 Å². The molecule has 0 saturated carbocycles. The Morgan fingerprint density at radius 3 is 2.76 bits per heavy atom. The van der Waals surface area contributed by atoms with Crippen molar-refractivity contribution in [2.45, 2.75) is 18.1 Å². The van der Waals surface area contributed by atoms with Crippen LogP contribution in [0.15, 0.2) is 41.0 Å². The number of halogens is 1. The van der Waals surface area contributed by atoms with E-state index in [0.717, 1.165) is 17.1 Å². The van der Waals surface area contributed by atoms with Gasteiger partial charge in [-0.2, -0.15) is 0 Å². The maximum absolute atomic E-state index is 13.6. The Labute approximate surface area is 104 Å². The zero-order valence-electron chi connectivity index (χ0n) is 9.36. The Morgan fingerprint density at radius 1 is 1.24 bits per heavy atom. The molecule has 1 aromatic carbocycles. The van der Waals surface area contributed by atoms with Gasteiger partial charge in [0.1, 0.15) is 11.6 Å². The molecule has 0 spiro atoms. The standard InChI is InChI=1S/C13H14FNOS/c14-13-6-10(7-15)3-4-11(13)8-17-9-12-2-1-5-16-12/h1-6H,7-9,15H2. The first-order valence-electron chi connectivity index (χ1n) is 5.37. The molecule has 0 radical (unpaired) electrons. The lowest BCUT2D eigenvalue weighted by Crippen LogP contribution is -1.98. The summed E-state index contributed by atoms with van der Waals surface area (Å²) in [5, 5.41) is 0. The molecule has 0 aliphatic carbocycles. The Hall–Kier alpha value is -1.26. The van der Waals surface area contributed by atoms with Gasteiger partial charge in [0.25, 0.3) is 0 Å². The van der Waals surface area contributed by atoms with Gasteiger partial charge in [-0.1, -0.05) is 12.1 Å². The van der Waals surface area contributed by atoms with Gasteiger partial charge in [0.2, 0.25) is 0 Å². The van der Waals surface area contributed by atoms with Crippen LogP contribution in [0.5, 0.6) is 0 Å². The summed E-state index contributed by atoms with van der Waals surface area (Å²) in [7, 11) is 0. The molecule has 2 N–H and O–H groups in total. The van der Waals surface area contributed by atoms with E-state index in [1.165, 1.54) is 6.07 Å². The van der Waals surface area contributed by atoms with Crippen molar-refractivity contribution in [1.82, 2.24) is 0 Å². The van der Waals surface area contributed by atoms with E-state index in [2.05, 4.69) is 0 Å². The summed E-state index contributed by atoms with van der Waals surface area (Å²) in [5.41, 5.74) is 6.98. The van der Waals surface area contributed by atoms with E-state index < -0.39 is 0 Å². The Balaban J connectivity index is 1.90. The molecule has 4 heteroatoms. The molecule has 2 nitrogen and oxygen atoms in total. The fourth-order valence-electron chi connectivity index (χ4n) is 1.49. The van der Waals surface area contributed by atoms with Crippen LogP contribution in [-0.4, -0.2) is 0 Å². The number of hydrogen-bond donors (Lipinski definition) is 1. The van der Waals surface area contributed by atoms with Gasteiger partial charge >= 0.3 is 0 Å². The zero-order valence-corrected chi connectivity index (χ0v) is 10.2. The molecule has 0 saturated heterocycles. The Morgan fingerprint density at radius 2 is 2.12 bits per heavy atom. The maximum atomic E-state index is 13.6. The van der Waals surface area contributed by atoms with Gasteiger partial charge in [0, 0.05) is 12.3 Å². The summed E-state index contributed by atoms with van der Waals surface area (Å²) in [5.74, 6) is 2.12. The molecule has 2 aromatic rings. The number of rotatable bonds is 5. The molecular formula is C13H14FNOS. The van der Waals surface area contributed by atoms with E-state index in [0.29, 0.717) is 17.9 Å². The lowest BCUT2D eigenvalue weighted by molar-refractivity contribution is 0.530. The van der Waals surface area contributed by atoms with Crippen LogP contribution < -0.4 is 5.73 Å². The van der Waals surface area contributed by atoms with Crippen LogP contribution in [0, 0.1) is 5.82 Å². The second-order valence-electron chi connectivity index (χ2n) is 3.70. The van der Waals surface area contributed by atoms with Crippen molar-refractivity contribution in [2.75, 3.05) is 0 Å². The van der Waals surface area contributed by atoms with Gasteiger partial charge in [-0.3, -0.25) is 0 Å². The van der Waals surface area contributed by atoms with Crippen molar-refractivity contribution in [3.8, 4) is 0 Å². The lowest BCUT2D eigenvalue weighted by Gasteiger charge is -2.04. The summed E-state index contributed by atoms with van der Waals surface area (Å²) in [6.45, 7) is 0.372. The highest BCUT2D eigenvalue weighted by Crippen LogP contribution is 2.20. The Kier molecular flexibility index (Phi) is 4.23. The molecule has 0 unspecified atom stereocenters. The molecule has 0 amide bonds. The first-order valence-corrected chi connectivity index (χ1v) is 6.52. The molecule has 0 aliphatic heterocycles. The van der Waals surface area contributed by atoms with Crippen LogP contribution in [0.4, 0.5) is 4.39 Å². The molecule has 0 fully saturated rings. The smallest absolute Gasteiger partial charge is 0.127 e. The second kappa shape index (κ2) is 5.89. The van der Waals surface area contributed by atoms with Crippen LogP contribution in [0.3, 0.4) is 0 Å². The summed E-state index contributed by atoms with van der Waals surface area (Å²) in [4.78, 5) is 0. The highest BCUT2D eigenvalue weighted by molar-refractivity contribution is 7.97. The average molecular weight is 251 g/mol. The van der Waals surface area contributed by atoms with E-state index in [4.69, 9.17) is 10.2 Å². The summed E-state index contributed by atoms with van der Waals surface area (Å²) < 4.78 is 18.8. The van der Waals surface area contributed by atoms with E-state index in [-0.39, 0.29) is 5.82 Å². The number of nitrogens with two attached hydrogens (primary N) is 1. The number of hydrogen-bond acceptors (Lipinski definition) is 3. The van der Waals surface area contributed by atoms with E-state index in [1.807, 2.05) is 18.2 Å². The van der Waals surface area contributed by atoms with Crippen molar-refractivity contribution < 1.29 is 8.81 Å². The van der Waals surface area contributed by atoms with Crippen LogP contribution in [0.2, 0.25) is 0 Å². The minimum atomic E-state index is -0.181. The van der Waals surface area contributed by atoms with Crippen LogP contribution in [0.1, 0.15) is 16.9 Å². The van der Waals surface area contributed by atoms with Gasteiger partial charge in [0.15, 0.2) is 0 Å². The predicted molar refractivity (Wildman–Crippen MR) is 68.0 cm³/mol. The largest absolute Gasteiger partial charge is 0.468 e. The highest BCUT2D eigenvalue weighted by Gasteiger charge is 2.04. The van der Waals surface area contributed by atoms with Crippen LogP contribution >= 0.6 is 11.8 Å². The lowest BCUT2D eigenvalue weighted by atomic mass is 10.1. The molecule has 1 aromatic heterocycles. The van der Waals surface area contributed by atoms with E-state index in [1.54, 1.807) is 24.1 Å². The minimum Gasteiger partial charge on any atom is -0.468 e.